The summed E-state index contributed by atoms with van der Waals surface area (Å²) in [7, 11) is -2.88. The average Bonchev–Trinajstić information content (AvgIpc) is 3.08. The van der Waals surface area contributed by atoms with Crippen molar-refractivity contribution >= 4 is 22.1 Å². The highest BCUT2D eigenvalue weighted by Crippen LogP contribution is 2.15. The Morgan fingerprint density at radius 2 is 2.08 bits per heavy atom. The maximum Gasteiger partial charge on any atom is 0.221 e. The summed E-state index contributed by atoms with van der Waals surface area (Å²) >= 11 is 5.37. The Bertz CT molecular complexity index is 868. The molecule has 1 fully saturated rings. The van der Waals surface area contributed by atoms with E-state index in [1.54, 1.807) is 0 Å². The van der Waals surface area contributed by atoms with Crippen LogP contribution in [0.25, 0.3) is 11.4 Å². The van der Waals surface area contributed by atoms with Crippen LogP contribution < -0.4 is 4.90 Å². The van der Waals surface area contributed by atoms with Crippen LogP contribution in [-0.4, -0.2) is 47.3 Å². The lowest BCUT2D eigenvalue weighted by atomic mass is 10.1. The smallest absolute Gasteiger partial charge is 0.221 e. The largest absolute Gasteiger partial charge is 0.313 e. The van der Waals surface area contributed by atoms with Crippen molar-refractivity contribution in [1.29, 1.82) is 0 Å². The lowest BCUT2D eigenvalue weighted by Gasteiger charge is -2.23. The molecule has 1 aromatic carbocycles. The Kier molecular flexibility index (Phi) is 4.89. The highest BCUT2D eigenvalue weighted by molar-refractivity contribution is 7.91. The number of hydrogen-bond acceptors (Lipinski definition) is 4. The van der Waals surface area contributed by atoms with Gasteiger partial charge in [0.2, 0.25) is 4.77 Å². The van der Waals surface area contributed by atoms with Gasteiger partial charge < -0.3 is 4.90 Å². The number of nitrogens with zero attached hydrogens (tertiary/aromatic N) is 2. The van der Waals surface area contributed by atoms with E-state index >= 15 is 0 Å². The van der Waals surface area contributed by atoms with Gasteiger partial charge in [-0.1, -0.05) is 29.8 Å². The molecule has 6 nitrogen and oxygen atoms in total. The van der Waals surface area contributed by atoms with Crippen LogP contribution in [0.15, 0.2) is 24.3 Å². The lowest BCUT2D eigenvalue weighted by molar-refractivity contribution is -0.943. The second-order valence-electron chi connectivity index (χ2n) is 6.42. The van der Waals surface area contributed by atoms with Crippen LogP contribution in [0, 0.1) is 11.7 Å². The van der Waals surface area contributed by atoms with E-state index in [4.69, 9.17) is 12.2 Å². The molecule has 1 unspecified atom stereocenters. The fraction of sp³-hybridized carbons (Fsp3) is 0.500. The van der Waals surface area contributed by atoms with Gasteiger partial charge in [-0.2, -0.15) is 4.98 Å². The molecule has 1 aliphatic rings. The van der Waals surface area contributed by atoms with Gasteiger partial charge >= 0.3 is 0 Å². The van der Waals surface area contributed by atoms with Crippen molar-refractivity contribution in [3.8, 4) is 11.4 Å². The molecule has 0 spiro atoms. The first-order valence-corrected chi connectivity index (χ1v) is 10.4. The molecule has 2 atom stereocenters. The highest BCUT2D eigenvalue weighted by Gasteiger charge is 2.34. The molecular weight excluding hydrogens is 344 g/mol. The standard InChI is InChI=1S/C16H22N4O2S2/c1-3-19(14-8-9-24(21,22)10-14)11-20-16(23)17-15(18-20)13-6-4-12(2)5-7-13/h4-7,14H,3,8-11H2,1-2H3,(H,17,18,23)/p+1/t14-/m1/s1. The van der Waals surface area contributed by atoms with Gasteiger partial charge in [0.25, 0.3) is 0 Å². The van der Waals surface area contributed by atoms with E-state index in [2.05, 4.69) is 17.0 Å². The van der Waals surface area contributed by atoms with E-state index in [0.717, 1.165) is 24.4 Å². The maximum atomic E-state index is 11.7. The third-order valence-corrected chi connectivity index (χ3v) is 6.71. The van der Waals surface area contributed by atoms with Gasteiger partial charge in [-0.05, 0) is 26.1 Å². The van der Waals surface area contributed by atoms with E-state index in [1.807, 2.05) is 35.9 Å². The summed E-state index contributed by atoms with van der Waals surface area (Å²) in [5, 5.41) is 3.26. The molecule has 1 saturated heterocycles. The van der Waals surface area contributed by atoms with E-state index < -0.39 is 9.84 Å². The molecule has 0 bridgehead atoms. The molecule has 0 amide bonds. The number of hydrogen-bond donors (Lipinski definition) is 2. The number of aromatic amines is 1. The topological polar surface area (TPSA) is 72.2 Å². The zero-order valence-electron chi connectivity index (χ0n) is 13.9. The van der Waals surface area contributed by atoms with Gasteiger partial charge in [-0.25, -0.2) is 13.1 Å². The van der Waals surface area contributed by atoms with Gasteiger partial charge in [0.15, 0.2) is 22.3 Å². The monoisotopic (exact) mass is 367 g/mol. The minimum absolute atomic E-state index is 0.132. The minimum atomic E-state index is -2.88. The maximum absolute atomic E-state index is 11.7. The summed E-state index contributed by atoms with van der Waals surface area (Å²) in [5.41, 5.74) is 2.19. The van der Waals surface area contributed by atoms with E-state index in [-0.39, 0.29) is 11.8 Å². The molecular formula is C16H23N4O2S2+. The van der Waals surface area contributed by atoms with E-state index in [9.17, 15) is 8.42 Å². The summed E-state index contributed by atoms with van der Waals surface area (Å²) in [5.74, 6) is 1.31. The summed E-state index contributed by atoms with van der Waals surface area (Å²) in [4.78, 5) is 5.66. The Labute approximate surface area is 147 Å². The predicted molar refractivity (Wildman–Crippen MR) is 96.1 cm³/mol. The Morgan fingerprint density at radius 3 is 2.67 bits per heavy atom. The molecule has 1 aromatic heterocycles. The lowest BCUT2D eigenvalue weighted by Crippen LogP contribution is -3.15. The van der Waals surface area contributed by atoms with Crippen LogP contribution in [0.3, 0.4) is 0 Å². The first-order valence-electron chi connectivity index (χ1n) is 8.17. The summed E-state index contributed by atoms with van der Waals surface area (Å²) in [6.45, 7) is 5.57. The van der Waals surface area contributed by atoms with Crippen molar-refractivity contribution in [1.82, 2.24) is 14.8 Å². The number of aryl methyl sites for hydroxylation is 1. The summed E-state index contributed by atoms with van der Waals surface area (Å²) < 4.78 is 25.8. The van der Waals surface area contributed by atoms with Crippen molar-refractivity contribution in [2.24, 2.45) is 0 Å². The predicted octanol–water partition coefficient (Wildman–Crippen LogP) is 0.966. The van der Waals surface area contributed by atoms with Crippen molar-refractivity contribution in [2.45, 2.75) is 33.0 Å². The van der Waals surface area contributed by atoms with E-state index in [0.29, 0.717) is 17.2 Å². The third-order valence-electron chi connectivity index (χ3n) is 4.63. The van der Waals surface area contributed by atoms with Crippen LogP contribution in [-0.2, 0) is 16.5 Å². The van der Waals surface area contributed by atoms with Crippen LogP contribution in [0.5, 0.6) is 0 Å². The van der Waals surface area contributed by atoms with E-state index in [1.165, 1.54) is 10.5 Å². The van der Waals surface area contributed by atoms with Crippen molar-refractivity contribution < 1.29 is 13.3 Å². The van der Waals surface area contributed by atoms with Gasteiger partial charge in [0, 0.05) is 12.0 Å². The van der Waals surface area contributed by atoms with Gasteiger partial charge in [0.1, 0.15) is 11.8 Å². The van der Waals surface area contributed by atoms with Crippen molar-refractivity contribution in [3.63, 3.8) is 0 Å². The number of quaternary nitrogens is 1. The summed E-state index contributed by atoms with van der Waals surface area (Å²) in [6, 6.07) is 8.24. The Balaban J connectivity index is 1.80. The van der Waals surface area contributed by atoms with Gasteiger partial charge in [-0.3, -0.25) is 5.10 Å². The second-order valence-corrected chi connectivity index (χ2v) is 9.01. The quantitative estimate of drug-likeness (QED) is 0.773. The van der Waals surface area contributed by atoms with Crippen LogP contribution in [0.4, 0.5) is 0 Å². The molecule has 24 heavy (non-hydrogen) atoms. The number of benzene rings is 1. The SMILES string of the molecule is CC[NH+](Cn1[nH]c(-c2ccc(C)cc2)nc1=S)[C@@H]1CCS(=O)(=O)C1. The first-order chi connectivity index (χ1) is 11.4. The first kappa shape index (κ1) is 17.3. The number of nitrogens with one attached hydrogen (secondary N) is 2. The van der Waals surface area contributed by atoms with Crippen LogP contribution in [0.1, 0.15) is 18.9 Å². The Hall–Kier alpha value is -1.51. The average molecular weight is 368 g/mol. The highest BCUT2D eigenvalue weighted by atomic mass is 32.2. The fourth-order valence-electron chi connectivity index (χ4n) is 3.15. The molecule has 0 radical (unpaired) electrons. The van der Waals surface area contributed by atoms with Gasteiger partial charge in [0.05, 0.1) is 12.3 Å². The molecule has 2 N–H and O–H groups in total. The number of rotatable bonds is 5. The molecule has 2 heterocycles. The minimum Gasteiger partial charge on any atom is -0.313 e. The molecule has 1 aliphatic heterocycles. The van der Waals surface area contributed by atoms with Crippen molar-refractivity contribution in [3.05, 3.63) is 34.6 Å². The summed E-state index contributed by atoms with van der Waals surface area (Å²) in [6.07, 6.45) is 0.720. The fourth-order valence-corrected chi connectivity index (χ4v) is 5.18. The van der Waals surface area contributed by atoms with Crippen molar-refractivity contribution in [2.75, 3.05) is 18.1 Å². The second kappa shape index (κ2) is 6.78. The zero-order chi connectivity index (χ0) is 17.3. The number of H-pyrrole nitrogens is 1. The molecule has 2 aromatic rings. The normalized spacial score (nSPS) is 21.0. The Morgan fingerprint density at radius 1 is 1.38 bits per heavy atom. The van der Waals surface area contributed by atoms with Crippen LogP contribution in [0.2, 0.25) is 0 Å². The number of sulfone groups is 1. The molecule has 3 rings (SSSR count). The van der Waals surface area contributed by atoms with Gasteiger partial charge in [-0.15, -0.1) is 0 Å². The molecule has 8 heteroatoms. The number of aromatic nitrogens is 3. The third kappa shape index (κ3) is 3.76. The van der Waals surface area contributed by atoms with Crippen LogP contribution >= 0.6 is 12.2 Å². The molecule has 0 aliphatic carbocycles. The molecule has 130 valence electrons. The molecule has 0 saturated carbocycles. The zero-order valence-corrected chi connectivity index (χ0v) is 15.6.